The second kappa shape index (κ2) is 7.34. The lowest BCUT2D eigenvalue weighted by Gasteiger charge is -2.35. The minimum atomic E-state index is 0.357. The number of rotatable bonds is 6. The van der Waals surface area contributed by atoms with Crippen LogP contribution in [0.2, 0.25) is 0 Å². The average Bonchev–Trinajstić information content (AvgIpc) is 2.54. The number of ether oxygens (including phenoxy) is 2. The van der Waals surface area contributed by atoms with E-state index >= 15 is 0 Å². The van der Waals surface area contributed by atoms with Gasteiger partial charge in [0.1, 0.15) is 11.5 Å². The van der Waals surface area contributed by atoms with Gasteiger partial charge in [0.05, 0.1) is 14.2 Å². The molecule has 0 saturated heterocycles. The fourth-order valence-corrected chi connectivity index (χ4v) is 3.40. The predicted molar refractivity (Wildman–Crippen MR) is 90.9 cm³/mol. The Morgan fingerprint density at radius 2 is 1.91 bits per heavy atom. The zero-order valence-corrected chi connectivity index (χ0v) is 14.9. The molecule has 0 N–H and O–H groups in total. The third kappa shape index (κ3) is 3.08. The molecule has 124 valence electrons. The maximum absolute atomic E-state index is 5.82. The van der Waals surface area contributed by atoms with Crippen molar-refractivity contribution in [1.29, 1.82) is 0 Å². The number of nitrogens with zero attached hydrogens (tertiary/aromatic N) is 2. The molecule has 1 atom stereocenters. The smallest absolute Gasteiger partial charge is 0.127 e. The van der Waals surface area contributed by atoms with Crippen molar-refractivity contribution in [3.05, 3.63) is 22.8 Å². The molecule has 0 bridgehead atoms. The lowest BCUT2D eigenvalue weighted by atomic mass is 9.89. The summed E-state index contributed by atoms with van der Waals surface area (Å²) in [5, 5.41) is 0. The average molecular weight is 306 g/mol. The lowest BCUT2D eigenvalue weighted by Crippen LogP contribution is -2.31. The summed E-state index contributed by atoms with van der Waals surface area (Å²) in [6, 6.07) is 2.53. The number of benzene rings is 1. The zero-order chi connectivity index (χ0) is 16.3. The predicted octanol–water partition coefficient (Wildman–Crippen LogP) is 3.09. The van der Waals surface area contributed by atoms with Crippen LogP contribution in [0.25, 0.3) is 0 Å². The van der Waals surface area contributed by atoms with Crippen LogP contribution in [0.1, 0.15) is 43.5 Å². The molecule has 1 heterocycles. The van der Waals surface area contributed by atoms with Gasteiger partial charge < -0.3 is 9.47 Å². The van der Waals surface area contributed by atoms with Gasteiger partial charge in [0, 0.05) is 35.8 Å². The van der Waals surface area contributed by atoms with E-state index in [4.69, 9.17) is 9.47 Å². The monoisotopic (exact) mass is 306 g/mol. The molecule has 4 heteroatoms. The van der Waals surface area contributed by atoms with E-state index in [0.717, 1.165) is 44.1 Å². The summed E-state index contributed by atoms with van der Waals surface area (Å²) in [7, 11) is 5.73. The van der Waals surface area contributed by atoms with Crippen LogP contribution in [0.4, 0.5) is 0 Å². The summed E-state index contributed by atoms with van der Waals surface area (Å²) in [5.74, 6) is 2.06. The Morgan fingerprint density at radius 3 is 2.45 bits per heavy atom. The molecular formula is C18H30N2O2. The molecule has 0 amide bonds. The van der Waals surface area contributed by atoms with E-state index in [9.17, 15) is 0 Å². The van der Waals surface area contributed by atoms with Crippen LogP contribution in [0.15, 0.2) is 6.07 Å². The third-order valence-electron chi connectivity index (χ3n) is 4.97. The number of methoxy groups -OCH3 is 2. The van der Waals surface area contributed by atoms with Crippen molar-refractivity contribution in [3.8, 4) is 11.5 Å². The third-order valence-corrected chi connectivity index (χ3v) is 4.97. The van der Waals surface area contributed by atoms with E-state index in [2.05, 4.69) is 43.7 Å². The van der Waals surface area contributed by atoms with E-state index in [0.29, 0.717) is 6.04 Å². The highest BCUT2D eigenvalue weighted by atomic mass is 16.5. The van der Waals surface area contributed by atoms with Crippen molar-refractivity contribution in [3.63, 3.8) is 0 Å². The highest BCUT2D eigenvalue weighted by Gasteiger charge is 2.29. The van der Waals surface area contributed by atoms with Gasteiger partial charge in [-0.05, 0) is 39.5 Å². The maximum Gasteiger partial charge on any atom is 0.127 e. The first-order valence-corrected chi connectivity index (χ1v) is 8.26. The summed E-state index contributed by atoms with van der Waals surface area (Å²) in [5.41, 5.74) is 3.85. The summed E-state index contributed by atoms with van der Waals surface area (Å²) in [6.07, 6.45) is 1.02. The summed E-state index contributed by atoms with van der Waals surface area (Å²) < 4.78 is 11.5. The largest absolute Gasteiger partial charge is 0.496 e. The van der Waals surface area contributed by atoms with Crippen LogP contribution in [-0.4, -0.2) is 50.7 Å². The quantitative estimate of drug-likeness (QED) is 0.806. The van der Waals surface area contributed by atoms with E-state index in [1.807, 2.05) is 0 Å². The molecule has 1 aliphatic heterocycles. The van der Waals surface area contributed by atoms with Crippen LogP contribution in [0.5, 0.6) is 11.5 Å². The Morgan fingerprint density at radius 1 is 1.23 bits per heavy atom. The molecule has 0 saturated carbocycles. The fourth-order valence-electron chi connectivity index (χ4n) is 3.40. The van der Waals surface area contributed by atoms with Crippen molar-refractivity contribution in [2.75, 3.05) is 40.9 Å². The highest BCUT2D eigenvalue weighted by molar-refractivity contribution is 5.56. The van der Waals surface area contributed by atoms with Gasteiger partial charge in [-0.25, -0.2) is 0 Å². The Hall–Kier alpha value is -1.26. The molecule has 1 aromatic rings. The molecule has 0 aromatic heterocycles. The van der Waals surface area contributed by atoms with Crippen LogP contribution in [-0.2, 0) is 13.0 Å². The topological polar surface area (TPSA) is 24.9 Å². The minimum absolute atomic E-state index is 0.357. The number of hydrogen-bond acceptors (Lipinski definition) is 4. The van der Waals surface area contributed by atoms with Gasteiger partial charge in [0.15, 0.2) is 0 Å². The van der Waals surface area contributed by atoms with Crippen molar-refractivity contribution >= 4 is 0 Å². The fraction of sp³-hybridized carbons (Fsp3) is 0.667. The SMILES string of the molecule is CCN(CC)Cc1cc(OC)c2c(c1OC)CCN(C)C2C. The first kappa shape index (κ1) is 17.1. The van der Waals surface area contributed by atoms with Gasteiger partial charge in [-0.15, -0.1) is 0 Å². The van der Waals surface area contributed by atoms with Crippen molar-refractivity contribution in [1.82, 2.24) is 9.80 Å². The van der Waals surface area contributed by atoms with Gasteiger partial charge >= 0.3 is 0 Å². The van der Waals surface area contributed by atoms with E-state index in [1.54, 1.807) is 14.2 Å². The first-order chi connectivity index (χ1) is 10.6. The summed E-state index contributed by atoms with van der Waals surface area (Å²) >= 11 is 0. The molecule has 4 nitrogen and oxygen atoms in total. The van der Waals surface area contributed by atoms with Crippen LogP contribution in [0, 0.1) is 0 Å². The zero-order valence-electron chi connectivity index (χ0n) is 14.9. The molecule has 1 aliphatic rings. The number of fused-ring (bicyclic) bond motifs is 1. The van der Waals surface area contributed by atoms with E-state index in [1.165, 1.54) is 16.7 Å². The normalized spacial score (nSPS) is 18.4. The lowest BCUT2D eigenvalue weighted by molar-refractivity contribution is 0.235. The molecule has 22 heavy (non-hydrogen) atoms. The maximum atomic E-state index is 5.82. The molecule has 1 aromatic carbocycles. The Kier molecular flexibility index (Phi) is 5.70. The van der Waals surface area contributed by atoms with Gasteiger partial charge in [-0.3, -0.25) is 9.80 Å². The Bertz CT molecular complexity index is 512. The Balaban J connectivity index is 2.53. The first-order valence-electron chi connectivity index (χ1n) is 8.26. The van der Waals surface area contributed by atoms with E-state index < -0.39 is 0 Å². The van der Waals surface area contributed by atoms with Gasteiger partial charge in [-0.2, -0.15) is 0 Å². The highest BCUT2D eigenvalue weighted by Crippen LogP contribution is 2.42. The molecular weight excluding hydrogens is 276 g/mol. The van der Waals surface area contributed by atoms with Crippen LogP contribution < -0.4 is 9.47 Å². The molecule has 1 unspecified atom stereocenters. The number of likely N-dealkylation sites (N-methyl/N-ethyl adjacent to an activating group) is 1. The second-order valence-electron chi connectivity index (χ2n) is 6.03. The standard InChI is InChI=1S/C18H30N2O2/c1-7-20(8-2)12-14-11-16(21-5)17-13(3)19(4)10-9-15(17)18(14)22-6/h11,13H,7-10,12H2,1-6H3. The number of hydrogen-bond donors (Lipinski definition) is 0. The van der Waals surface area contributed by atoms with Crippen molar-refractivity contribution in [2.24, 2.45) is 0 Å². The van der Waals surface area contributed by atoms with Crippen molar-refractivity contribution < 1.29 is 9.47 Å². The molecule has 0 spiro atoms. The molecule has 0 radical (unpaired) electrons. The summed E-state index contributed by atoms with van der Waals surface area (Å²) in [4.78, 5) is 4.77. The van der Waals surface area contributed by atoms with Crippen molar-refractivity contribution in [2.45, 2.75) is 39.8 Å². The summed E-state index contributed by atoms with van der Waals surface area (Å²) in [6.45, 7) is 10.7. The minimum Gasteiger partial charge on any atom is -0.496 e. The Labute approximate surface area is 135 Å². The van der Waals surface area contributed by atoms with Gasteiger partial charge in [0.2, 0.25) is 0 Å². The van der Waals surface area contributed by atoms with Gasteiger partial charge in [0.25, 0.3) is 0 Å². The molecule has 0 fully saturated rings. The molecule has 2 rings (SSSR count). The van der Waals surface area contributed by atoms with Gasteiger partial charge in [-0.1, -0.05) is 13.8 Å². The second-order valence-corrected chi connectivity index (χ2v) is 6.03. The van der Waals surface area contributed by atoms with E-state index in [-0.39, 0.29) is 0 Å². The molecule has 0 aliphatic carbocycles. The van der Waals surface area contributed by atoms with Crippen LogP contribution in [0.3, 0.4) is 0 Å². The van der Waals surface area contributed by atoms with Crippen LogP contribution >= 0.6 is 0 Å².